The van der Waals surface area contributed by atoms with E-state index in [-0.39, 0.29) is 11.6 Å². The Morgan fingerprint density at radius 2 is 1.69 bits per heavy atom. The average molecular weight is 480 g/mol. The fourth-order valence-corrected chi connectivity index (χ4v) is 5.34. The number of nitrogens with one attached hydrogen (secondary N) is 1. The molecule has 0 radical (unpaired) electrons. The minimum atomic E-state index is -0.519. The van der Waals surface area contributed by atoms with Gasteiger partial charge in [0.1, 0.15) is 11.2 Å². The fourth-order valence-electron chi connectivity index (χ4n) is 5.34. The van der Waals surface area contributed by atoms with Crippen molar-refractivity contribution < 1.29 is 9.53 Å². The Bertz CT molecular complexity index is 1410. The van der Waals surface area contributed by atoms with Crippen LogP contribution in [-0.4, -0.2) is 21.1 Å². The zero-order chi connectivity index (χ0) is 24.9. The third-order valence-corrected chi connectivity index (χ3v) is 7.40. The quantitative estimate of drug-likeness (QED) is 0.323. The molecule has 0 saturated heterocycles. The van der Waals surface area contributed by atoms with Crippen LogP contribution in [0.15, 0.2) is 72.9 Å². The second kappa shape index (κ2) is 8.51. The third kappa shape index (κ3) is 4.17. The number of alkyl carbamates (subject to hydrolysis) is 1. The van der Waals surface area contributed by atoms with Crippen molar-refractivity contribution in [1.82, 2.24) is 14.7 Å². The Balaban J connectivity index is 1.39. The molecule has 5 nitrogen and oxygen atoms in total. The first-order valence-corrected chi connectivity index (χ1v) is 13.0. The van der Waals surface area contributed by atoms with Crippen molar-refractivity contribution in [1.29, 1.82) is 0 Å². The maximum atomic E-state index is 12.6. The summed E-state index contributed by atoms with van der Waals surface area (Å²) in [5.74, 6) is 0.618. The first-order valence-electron chi connectivity index (χ1n) is 13.0. The van der Waals surface area contributed by atoms with Crippen LogP contribution in [0.25, 0.3) is 28.2 Å². The Morgan fingerprint density at radius 3 is 2.31 bits per heavy atom. The summed E-state index contributed by atoms with van der Waals surface area (Å²) in [6, 6.07) is 23.5. The number of hydrogen-bond donors (Lipinski definition) is 1. The average Bonchev–Trinajstić information content (AvgIpc) is 3.60. The van der Waals surface area contributed by atoms with E-state index in [1.807, 2.05) is 26.8 Å². The predicted octanol–water partition coefficient (Wildman–Crippen LogP) is 7.45. The molecular formula is C31H33N3O2. The van der Waals surface area contributed by atoms with Crippen LogP contribution in [0.2, 0.25) is 0 Å². The number of amides is 1. The SMILES string of the molecule is CC(C)(C)OC(=O)NC1(c2ccc(-c3nc4c(C5CC5)cccn4c3-c3ccccc3)cc2)CCC1. The Labute approximate surface area is 212 Å². The lowest BCUT2D eigenvalue weighted by molar-refractivity contribution is 0.0377. The minimum absolute atomic E-state index is 0.356. The van der Waals surface area contributed by atoms with Gasteiger partial charge in [0.25, 0.3) is 0 Å². The molecule has 2 aliphatic rings. The summed E-state index contributed by atoms with van der Waals surface area (Å²) in [7, 11) is 0. The molecule has 2 fully saturated rings. The van der Waals surface area contributed by atoms with E-state index in [4.69, 9.17) is 9.72 Å². The van der Waals surface area contributed by atoms with Crippen molar-refractivity contribution in [3.63, 3.8) is 0 Å². The van der Waals surface area contributed by atoms with Crippen molar-refractivity contribution in [3.05, 3.63) is 84.1 Å². The van der Waals surface area contributed by atoms with Gasteiger partial charge in [-0.3, -0.25) is 4.40 Å². The molecule has 0 atom stereocenters. The number of hydrogen-bond acceptors (Lipinski definition) is 3. The van der Waals surface area contributed by atoms with E-state index in [0.717, 1.165) is 53.0 Å². The highest BCUT2D eigenvalue weighted by molar-refractivity contribution is 5.83. The molecule has 0 aliphatic heterocycles. The monoisotopic (exact) mass is 479 g/mol. The number of aromatic nitrogens is 2. The van der Waals surface area contributed by atoms with Gasteiger partial charge in [-0.1, -0.05) is 60.7 Å². The number of ether oxygens (including phenoxy) is 1. The zero-order valence-corrected chi connectivity index (χ0v) is 21.3. The van der Waals surface area contributed by atoms with E-state index in [9.17, 15) is 4.79 Å². The van der Waals surface area contributed by atoms with Gasteiger partial charge < -0.3 is 10.1 Å². The van der Waals surface area contributed by atoms with Crippen LogP contribution in [0.1, 0.15) is 69.9 Å². The van der Waals surface area contributed by atoms with Gasteiger partial charge in [0.2, 0.25) is 0 Å². The molecule has 2 heterocycles. The smallest absolute Gasteiger partial charge is 0.408 e. The van der Waals surface area contributed by atoms with Crippen molar-refractivity contribution in [3.8, 4) is 22.5 Å². The summed E-state index contributed by atoms with van der Waals surface area (Å²) in [6.45, 7) is 5.67. The van der Waals surface area contributed by atoms with Crippen LogP contribution in [0.4, 0.5) is 4.79 Å². The van der Waals surface area contributed by atoms with Crippen LogP contribution in [-0.2, 0) is 10.3 Å². The highest BCUT2D eigenvalue weighted by Gasteiger charge is 2.41. The van der Waals surface area contributed by atoms with Crippen molar-refractivity contribution >= 4 is 11.7 Å². The van der Waals surface area contributed by atoms with Gasteiger partial charge in [0, 0.05) is 17.3 Å². The summed E-state index contributed by atoms with van der Waals surface area (Å²) in [6.07, 6.45) is 7.17. The van der Waals surface area contributed by atoms with E-state index < -0.39 is 5.60 Å². The van der Waals surface area contributed by atoms with Gasteiger partial charge in [0.05, 0.1) is 16.9 Å². The molecule has 1 amide bonds. The largest absolute Gasteiger partial charge is 0.444 e. The van der Waals surface area contributed by atoms with E-state index in [1.54, 1.807) is 0 Å². The summed E-state index contributed by atoms with van der Waals surface area (Å²) < 4.78 is 7.81. The number of pyridine rings is 1. The van der Waals surface area contributed by atoms with Gasteiger partial charge in [-0.25, -0.2) is 9.78 Å². The lowest BCUT2D eigenvalue weighted by Gasteiger charge is -2.43. The zero-order valence-electron chi connectivity index (χ0n) is 21.3. The molecule has 36 heavy (non-hydrogen) atoms. The van der Waals surface area contributed by atoms with E-state index in [2.05, 4.69) is 76.6 Å². The molecule has 0 unspecified atom stereocenters. The van der Waals surface area contributed by atoms with Gasteiger partial charge in [-0.05, 0) is 76.0 Å². The normalized spacial score (nSPS) is 17.0. The molecule has 5 heteroatoms. The number of carbonyl (C=O) groups is 1. The molecular weight excluding hydrogens is 446 g/mol. The van der Waals surface area contributed by atoms with Crippen molar-refractivity contribution in [2.45, 2.75) is 69.9 Å². The number of nitrogens with zero attached hydrogens (tertiary/aromatic N) is 2. The molecule has 2 aromatic carbocycles. The summed E-state index contributed by atoms with van der Waals surface area (Å²) in [4.78, 5) is 17.8. The maximum Gasteiger partial charge on any atom is 0.408 e. The highest BCUT2D eigenvalue weighted by atomic mass is 16.6. The minimum Gasteiger partial charge on any atom is -0.444 e. The molecule has 2 aromatic heterocycles. The van der Waals surface area contributed by atoms with E-state index in [0.29, 0.717) is 5.92 Å². The summed E-state index contributed by atoms with van der Waals surface area (Å²) >= 11 is 0. The molecule has 6 rings (SSSR count). The van der Waals surface area contributed by atoms with Crippen molar-refractivity contribution in [2.75, 3.05) is 0 Å². The van der Waals surface area contributed by atoms with Crippen LogP contribution in [0.3, 0.4) is 0 Å². The second-order valence-electron chi connectivity index (χ2n) is 11.2. The first-order chi connectivity index (χ1) is 17.3. The maximum absolute atomic E-state index is 12.6. The Kier molecular flexibility index (Phi) is 5.40. The van der Waals surface area contributed by atoms with Crippen LogP contribution in [0, 0.1) is 0 Å². The number of benzene rings is 2. The lowest BCUT2D eigenvalue weighted by Crippen LogP contribution is -2.52. The van der Waals surface area contributed by atoms with Crippen LogP contribution >= 0.6 is 0 Å². The standard InChI is InChI=1S/C31H33N3O2/c1-30(2,3)36-29(35)33-31(18-8-19-31)24-16-14-22(15-17-24)26-27(23-9-5-4-6-10-23)34-20-7-11-25(21-12-13-21)28(34)32-26/h4-7,9-11,14-17,20-21H,8,12-13,18-19H2,1-3H3,(H,33,35). The molecule has 184 valence electrons. The number of fused-ring (bicyclic) bond motifs is 1. The van der Waals surface area contributed by atoms with Gasteiger partial charge >= 0.3 is 6.09 Å². The molecule has 0 bridgehead atoms. The van der Waals surface area contributed by atoms with Crippen LogP contribution < -0.4 is 5.32 Å². The van der Waals surface area contributed by atoms with Gasteiger partial charge in [-0.2, -0.15) is 0 Å². The third-order valence-electron chi connectivity index (χ3n) is 7.40. The number of imidazole rings is 1. The first kappa shape index (κ1) is 22.8. The Morgan fingerprint density at radius 1 is 0.972 bits per heavy atom. The Hall–Kier alpha value is -3.60. The van der Waals surface area contributed by atoms with Gasteiger partial charge in [0.15, 0.2) is 0 Å². The highest BCUT2D eigenvalue weighted by Crippen LogP contribution is 2.45. The lowest BCUT2D eigenvalue weighted by atomic mass is 9.71. The number of rotatable bonds is 5. The van der Waals surface area contributed by atoms with Crippen LogP contribution in [0.5, 0.6) is 0 Å². The second-order valence-corrected chi connectivity index (χ2v) is 11.2. The van der Waals surface area contributed by atoms with Gasteiger partial charge in [-0.15, -0.1) is 0 Å². The molecule has 0 spiro atoms. The number of carbonyl (C=O) groups excluding carboxylic acids is 1. The van der Waals surface area contributed by atoms with E-state index in [1.165, 1.54) is 18.4 Å². The molecule has 2 saturated carbocycles. The van der Waals surface area contributed by atoms with Crippen molar-refractivity contribution in [2.24, 2.45) is 0 Å². The molecule has 1 N–H and O–H groups in total. The summed E-state index contributed by atoms with van der Waals surface area (Å²) in [5.41, 5.74) is 6.97. The topological polar surface area (TPSA) is 55.6 Å². The molecule has 2 aliphatic carbocycles. The summed E-state index contributed by atoms with van der Waals surface area (Å²) in [5, 5.41) is 3.17. The molecule has 4 aromatic rings. The van der Waals surface area contributed by atoms with E-state index >= 15 is 0 Å². The fraction of sp³-hybridized carbons (Fsp3) is 0.355. The predicted molar refractivity (Wildman–Crippen MR) is 143 cm³/mol.